The normalized spacial score (nSPS) is 11.3. The summed E-state index contributed by atoms with van der Waals surface area (Å²) in [6.45, 7) is 6.35. The lowest BCUT2D eigenvalue weighted by Gasteiger charge is -2.12. The first-order valence-electron chi connectivity index (χ1n) is 9.31. The highest BCUT2D eigenvalue weighted by molar-refractivity contribution is 7.20. The fourth-order valence-corrected chi connectivity index (χ4v) is 4.04. The van der Waals surface area contributed by atoms with Crippen molar-refractivity contribution in [3.05, 3.63) is 35.0 Å². The molecule has 3 aromatic heterocycles. The van der Waals surface area contributed by atoms with Crippen molar-refractivity contribution in [1.82, 2.24) is 24.4 Å². The molecule has 9 heteroatoms. The van der Waals surface area contributed by atoms with Gasteiger partial charge in [0, 0.05) is 25.5 Å². The highest BCUT2D eigenvalue weighted by atomic mass is 32.1. The number of hydrogen-bond donors (Lipinski definition) is 1. The SMILES string of the molecule is CCOC(=O)c1sc2nc(CN(C)C)nc(NCCCn3ccnc3)c2c1C. The molecule has 150 valence electrons. The van der Waals surface area contributed by atoms with Gasteiger partial charge in [-0.2, -0.15) is 0 Å². The largest absolute Gasteiger partial charge is 0.462 e. The van der Waals surface area contributed by atoms with Crippen LogP contribution in [0.25, 0.3) is 10.2 Å². The number of carbonyl (C=O) groups excluding carboxylic acids is 1. The van der Waals surface area contributed by atoms with E-state index >= 15 is 0 Å². The summed E-state index contributed by atoms with van der Waals surface area (Å²) in [6.07, 6.45) is 6.47. The molecule has 0 fully saturated rings. The standard InChI is InChI=1S/C19H26N6O2S/c1-5-27-19(26)16-13(2)15-17(21-7-6-9-25-10-8-20-12-25)22-14(11-24(3)4)23-18(15)28-16/h8,10,12H,5-7,9,11H2,1-4H3,(H,21,22,23). The predicted octanol–water partition coefficient (Wildman–Crippen LogP) is 2.94. The van der Waals surface area contributed by atoms with Gasteiger partial charge in [-0.05, 0) is 39.9 Å². The minimum Gasteiger partial charge on any atom is -0.462 e. The van der Waals surface area contributed by atoms with Crippen LogP contribution in [0.5, 0.6) is 0 Å². The Kier molecular flexibility index (Phi) is 6.58. The number of ether oxygens (including phenoxy) is 1. The van der Waals surface area contributed by atoms with Gasteiger partial charge < -0.3 is 19.5 Å². The lowest BCUT2D eigenvalue weighted by Crippen LogP contribution is -2.15. The van der Waals surface area contributed by atoms with Gasteiger partial charge in [-0.25, -0.2) is 19.7 Å². The van der Waals surface area contributed by atoms with E-state index in [0.717, 1.165) is 46.9 Å². The van der Waals surface area contributed by atoms with Crippen LogP contribution in [0.3, 0.4) is 0 Å². The van der Waals surface area contributed by atoms with Crippen molar-refractivity contribution in [2.75, 3.05) is 32.6 Å². The van der Waals surface area contributed by atoms with Crippen molar-refractivity contribution < 1.29 is 9.53 Å². The van der Waals surface area contributed by atoms with E-state index in [1.165, 1.54) is 11.3 Å². The topological polar surface area (TPSA) is 85.2 Å². The Labute approximate surface area is 168 Å². The van der Waals surface area contributed by atoms with Crippen LogP contribution in [-0.2, 0) is 17.8 Å². The number of rotatable bonds is 9. The minimum atomic E-state index is -0.303. The fraction of sp³-hybridized carbons (Fsp3) is 0.474. The number of hydrogen-bond acceptors (Lipinski definition) is 8. The van der Waals surface area contributed by atoms with Crippen molar-refractivity contribution in [2.45, 2.75) is 33.4 Å². The van der Waals surface area contributed by atoms with Gasteiger partial charge >= 0.3 is 5.97 Å². The molecule has 0 aromatic carbocycles. The second-order valence-corrected chi connectivity index (χ2v) is 7.76. The maximum atomic E-state index is 12.3. The second kappa shape index (κ2) is 9.11. The van der Waals surface area contributed by atoms with E-state index in [1.807, 2.05) is 49.9 Å². The summed E-state index contributed by atoms with van der Waals surface area (Å²) >= 11 is 1.37. The summed E-state index contributed by atoms with van der Waals surface area (Å²) in [5, 5.41) is 4.34. The van der Waals surface area contributed by atoms with Gasteiger partial charge in [0.05, 0.1) is 24.9 Å². The van der Waals surface area contributed by atoms with E-state index in [9.17, 15) is 4.79 Å². The average Bonchev–Trinajstić information content (AvgIpc) is 3.26. The molecule has 0 atom stereocenters. The smallest absolute Gasteiger partial charge is 0.348 e. The van der Waals surface area contributed by atoms with Crippen LogP contribution in [0.15, 0.2) is 18.7 Å². The number of fused-ring (bicyclic) bond motifs is 1. The first kappa shape index (κ1) is 20.2. The number of aromatic nitrogens is 4. The molecular formula is C19H26N6O2S. The summed E-state index contributed by atoms with van der Waals surface area (Å²) in [5.41, 5.74) is 0.868. The quantitative estimate of drug-likeness (QED) is 0.435. The first-order valence-corrected chi connectivity index (χ1v) is 10.1. The van der Waals surface area contributed by atoms with E-state index in [4.69, 9.17) is 9.72 Å². The number of nitrogens with zero attached hydrogens (tertiary/aromatic N) is 5. The molecule has 0 aliphatic carbocycles. The zero-order valence-electron chi connectivity index (χ0n) is 16.7. The molecule has 3 heterocycles. The highest BCUT2D eigenvalue weighted by Crippen LogP contribution is 2.34. The van der Waals surface area contributed by atoms with Gasteiger partial charge in [0.15, 0.2) is 0 Å². The molecule has 28 heavy (non-hydrogen) atoms. The van der Waals surface area contributed by atoms with Crippen LogP contribution >= 0.6 is 11.3 Å². The molecule has 3 rings (SSSR count). The third kappa shape index (κ3) is 4.66. The van der Waals surface area contributed by atoms with Crippen LogP contribution in [0.1, 0.15) is 34.4 Å². The van der Waals surface area contributed by atoms with Crippen LogP contribution < -0.4 is 5.32 Å². The Bertz CT molecular complexity index is 936. The van der Waals surface area contributed by atoms with Gasteiger partial charge in [-0.3, -0.25) is 0 Å². The lowest BCUT2D eigenvalue weighted by atomic mass is 10.2. The van der Waals surface area contributed by atoms with E-state index < -0.39 is 0 Å². The van der Waals surface area contributed by atoms with Gasteiger partial charge in [-0.1, -0.05) is 0 Å². The van der Waals surface area contributed by atoms with E-state index in [0.29, 0.717) is 18.0 Å². The number of thiophene rings is 1. The van der Waals surface area contributed by atoms with E-state index in [1.54, 1.807) is 6.20 Å². The Morgan fingerprint density at radius 2 is 2.18 bits per heavy atom. The maximum absolute atomic E-state index is 12.3. The molecule has 0 amide bonds. The van der Waals surface area contributed by atoms with E-state index in [-0.39, 0.29) is 5.97 Å². The monoisotopic (exact) mass is 402 g/mol. The summed E-state index contributed by atoms with van der Waals surface area (Å²) in [4.78, 5) is 29.2. The molecule has 0 aliphatic heterocycles. The first-order chi connectivity index (χ1) is 13.5. The molecule has 3 aromatic rings. The van der Waals surface area contributed by atoms with Crippen LogP contribution in [0.2, 0.25) is 0 Å². The van der Waals surface area contributed by atoms with Gasteiger partial charge in [0.2, 0.25) is 0 Å². The molecule has 0 bridgehead atoms. The zero-order valence-corrected chi connectivity index (χ0v) is 17.5. The van der Waals surface area contributed by atoms with Crippen molar-refractivity contribution in [3.8, 4) is 0 Å². The molecule has 0 unspecified atom stereocenters. The number of nitrogens with one attached hydrogen (secondary N) is 1. The fourth-order valence-electron chi connectivity index (χ4n) is 2.94. The molecule has 0 spiro atoms. The molecule has 0 saturated heterocycles. The summed E-state index contributed by atoms with van der Waals surface area (Å²) in [7, 11) is 3.96. The van der Waals surface area contributed by atoms with Crippen LogP contribution in [0.4, 0.5) is 5.82 Å². The lowest BCUT2D eigenvalue weighted by molar-refractivity contribution is 0.0531. The third-order valence-electron chi connectivity index (χ3n) is 4.20. The Morgan fingerprint density at radius 3 is 2.86 bits per heavy atom. The molecule has 1 N–H and O–H groups in total. The van der Waals surface area contributed by atoms with Crippen LogP contribution in [0, 0.1) is 6.92 Å². The average molecular weight is 403 g/mol. The second-order valence-electron chi connectivity index (χ2n) is 6.76. The van der Waals surface area contributed by atoms with Crippen LogP contribution in [-0.4, -0.2) is 57.6 Å². The van der Waals surface area contributed by atoms with Crippen molar-refractivity contribution in [1.29, 1.82) is 0 Å². The molecule has 0 saturated carbocycles. The molecule has 0 radical (unpaired) electrons. The zero-order chi connectivity index (χ0) is 20.1. The number of aryl methyl sites for hydroxylation is 2. The molecular weight excluding hydrogens is 376 g/mol. The Balaban J connectivity index is 1.87. The van der Waals surface area contributed by atoms with Crippen molar-refractivity contribution in [3.63, 3.8) is 0 Å². The number of imidazole rings is 1. The van der Waals surface area contributed by atoms with Gasteiger partial charge in [-0.15, -0.1) is 11.3 Å². The number of esters is 1. The van der Waals surface area contributed by atoms with E-state index in [2.05, 4.69) is 15.3 Å². The molecule has 8 nitrogen and oxygen atoms in total. The van der Waals surface area contributed by atoms with Crippen molar-refractivity contribution in [2.24, 2.45) is 0 Å². The number of anilines is 1. The van der Waals surface area contributed by atoms with Gasteiger partial charge in [0.25, 0.3) is 0 Å². The summed E-state index contributed by atoms with van der Waals surface area (Å²) < 4.78 is 7.24. The Morgan fingerprint density at radius 1 is 1.36 bits per heavy atom. The minimum absolute atomic E-state index is 0.303. The summed E-state index contributed by atoms with van der Waals surface area (Å²) in [5.74, 6) is 1.20. The third-order valence-corrected chi connectivity index (χ3v) is 5.37. The predicted molar refractivity (Wildman–Crippen MR) is 111 cm³/mol. The Hall–Kier alpha value is -2.52. The molecule has 0 aliphatic rings. The summed E-state index contributed by atoms with van der Waals surface area (Å²) in [6, 6.07) is 0. The highest BCUT2D eigenvalue weighted by Gasteiger charge is 2.21. The number of carbonyl (C=O) groups is 1. The van der Waals surface area contributed by atoms with Crippen molar-refractivity contribution >= 4 is 33.3 Å². The maximum Gasteiger partial charge on any atom is 0.348 e. The van der Waals surface area contributed by atoms with Gasteiger partial charge in [0.1, 0.15) is 21.3 Å².